The number of benzene rings is 1. The fraction of sp³-hybridized carbons (Fsp3) is 0.154. The third kappa shape index (κ3) is 1.72. The van der Waals surface area contributed by atoms with E-state index in [-0.39, 0.29) is 0 Å². The van der Waals surface area contributed by atoms with Crippen LogP contribution in [0.3, 0.4) is 0 Å². The van der Waals surface area contributed by atoms with Crippen LogP contribution >= 0.6 is 0 Å². The van der Waals surface area contributed by atoms with Gasteiger partial charge in [0.25, 0.3) is 0 Å². The highest BCUT2D eigenvalue weighted by Gasteiger charge is 2.13. The minimum atomic E-state index is -0.887. The van der Waals surface area contributed by atoms with Crippen molar-refractivity contribution >= 4 is 5.97 Å². The van der Waals surface area contributed by atoms with Crippen LogP contribution in [0.2, 0.25) is 0 Å². The van der Waals surface area contributed by atoms with Crippen LogP contribution in [-0.2, 0) is 6.42 Å². The molecule has 16 heavy (non-hydrogen) atoms. The highest BCUT2D eigenvalue weighted by molar-refractivity contribution is 5.92. The molecule has 0 amide bonds. The van der Waals surface area contributed by atoms with Crippen molar-refractivity contribution in [2.24, 2.45) is 0 Å². The first-order chi connectivity index (χ1) is 7.74. The second kappa shape index (κ2) is 4.23. The zero-order chi connectivity index (χ0) is 11.5. The minimum Gasteiger partial charge on any atom is -0.478 e. The van der Waals surface area contributed by atoms with E-state index >= 15 is 0 Å². The van der Waals surface area contributed by atoms with Gasteiger partial charge in [-0.3, -0.25) is 0 Å². The molecule has 1 aromatic carbocycles. The summed E-state index contributed by atoms with van der Waals surface area (Å²) in [5.41, 5.74) is 3.05. The molecule has 1 heterocycles. The third-order valence-corrected chi connectivity index (χ3v) is 2.59. The van der Waals surface area contributed by atoms with Gasteiger partial charge >= 0.3 is 5.97 Å². The van der Waals surface area contributed by atoms with E-state index in [1.807, 2.05) is 19.1 Å². The summed E-state index contributed by atoms with van der Waals surface area (Å²) >= 11 is 0. The molecule has 0 radical (unpaired) electrons. The number of carboxylic acid groups (broad SMARTS) is 1. The maximum Gasteiger partial charge on any atom is 0.335 e. The van der Waals surface area contributed by atoms with Crippen LogP contribution in [-0.4, -0.2) is 11.1 Å². The van der Waals surface area contributed by atoms with Crippen molar-refractivity contribution < 1.29 is 14.3 Å². The lowest BCUT2D eigenvalue weighted by Gasteiger charge is -2.08. The number of carbonyl (C=O) groups is 1. The Morgan fingerprint density at radius 2 is 2.19 bits per heavy atom. The van der Waals surface area contributed by atoms with E-state index in [1.54, 1.807) is 24.7 Å². The van der Waals surface area contributed by atoms with Gasteiger partial charge in [0, 0.05) is 5.56 Å². The van der Waals surface area contributed by atoms with Crippen molar-refractivity contribution in [1.82, 2.24) is 0 Å². The highest BCUT2D eigenvalue weighted by Crippen LogP contribution is 2.27. The van der Waals surface area contributed by atoms with Crippen LogP contribution in [0.15, 0.2) is 41.2 Å². The van der Waals surface area contributed by atoms with Crippen molar-refractivity contribution in [1.29, 1.82) is 0 Å². The lowest BCUT2D eigenvalue weighted by atomic mass is 9.95. The molecule has 0 aliphatic carbocycles. The van der Waals surface area contributed by atoms with Crippen molar-refractivity contribution in [3.05, 3.63) is 47.9 Å². The fourth-order valence-electron chi connectivity index (χ4n) is 1.86. The number of hydrogen-bond acceptors (Lipinski definition) is 2. The normalized spacial score (nSPS) is 10.3. The summed E-state index contributed by atoms with van der Waals surface area (Å²) in [5.74, 6) is -0.887. The summed E-state index contributed by atoms with van der Waals surface area (Å²) in [6.45, 7) is 1.95. The Morgan fingerprint density at radius 3 is 2.75 bits per heavy atom. The highest BCUT2D eigenvalue weighted by atomic mass is 16.4. The molecule has 0 saturated carbocycles. The summed E-state index contributed by atoms with van der Waals surface area (Å²) in [4.78, 5) is 11.1. The number of aromatic carboxylic acids is 1. The molecule has 0 fully saturated rings. The van der Waals surface area contributed by atoms with Crippen molar-refractivity contribution in [3.63, 3.8) is 0 Å². The van der Waals surface area contributed by atoms with Gasteiger partial charge in [-0.05, 0) is 29.7 Å². The van der Waals surface area contributed by atoms with E-state index in [0.717, 1.165) is 16.7 Å². The summed E-state index contributed by atoms with van der Waals surface area (Å²) in [6, 6.07) is 7.13. The van der Waals surface area contributed by atoms with Gasteiger partial charge in [-0.1, -0.05) is 19.1 Å². The Balaban J connectivity index is 2.62. The molecule has 1 N–H and O–H groups in total. The molecule has 0 spiro atoms. The first kappa shape index (κ1) is 10.5. The molecule has 0 unspecified atom stereocenters. The molecule has 1 aromatic heterocycles. The van der Waals surface area contributed by atoms with Crippen LogP contribution < -0.4 is 0 Å². The van der Waals surface area contributed by atoms with Gasteiger partial charge < -0.3 is 9.52 Å². The Bertz CT molecular complexity index is 498. The Hall–Kier alpha value is -2.03. The SMILES string of the molecule is CCc1c(C(=O)O)cccc1-c1ccoc1. The van der Waals surface area contributed by atoms with E-state index in [1.165, 1.54) is 0 Å². The van der Waals surface area contributed by atoms with Gasteiger partial charge in [-0.2, -0.15) is 0 Å². The van der Waals surface area contributed by atoms with Crippen LogP contribution in [0.1, 0.15) is 22.8 Å². The van der Waals surface area contributed by atoms with Crippen molar-refractivity contribution in [2.45, 2.75) is 13.3 Å². The number of carboxylic acids is 1. The largest absolute Gasteiger partial charge is 0.478 e. The third-order valence-electron chi connectivity index (χ3n) is 2.59. The number of rotatable bonds is 3. The summed E-state index contributed by atoms with van der Waals surface area (Å²) in [7, 11) is 0. The summed E-state index contributed by atoms with van der Waals surface area (Å²) in [5, 5.41) is 9.10. The molecule has 3 heteroatoms. The monoisotopic (exact) mass is 216 g/mol. The van der Waals surface area contributed by atoms with Gasteiger partial charge in [0.2, 0.25) is 0 Å². The van der Waals surface area contributed by atoms with Crippen LogP contribution in [0.4, 0.5) is 0 Å². The fourth-order valence-corrected chi connectivity index (χ4v) is 1.86. The van der Waals surface area contributed by atoms with E-state index < -0.39 is 5.97 Å². The average molecular weight is 216 g/mol. The van der Waals surface area contributed by atoms with Gasteiger partial charge in [-0.25, -0.2) is 4.79 Å². The summed E-state index contributed by atoms with van der Waals surface area (Å²) < 4.78 is 5.02. The van der Waals surface area contributed by atoms with Gasteiger partial charge in [0.05, 0.1) is 18.1 Å². The topological polar surface area (TPSA) is 50.4 Å². The number of hydrogen-bond donors (Lipinski definition) is 1. The van der Waals surface area contributed by atoms with Crippen LogP contribution in [0.25, 0.3) is 11.1 Å². The first-order valence-corrected chi connectivity index (χ1v) is 5.11. The van der Waals surface area contributed by atoms with Gasteiger partial charge in [0.1, 0.15) is 0 Å². The first-order valence-electron chi connectivity index (χ1n) is 5.11. The molecule has 2 aromatic rings. The Kier molecular flexibility index (Phi) is 2.77. The smallest absolute Gasteiger partial charge is 0.335 e. The zero-order valence-electron chi connectivity index (χ0n) is 8.93. The molecule has 3 nitrogen and oxygen atoms in total. The maximum atomic E-state index is 11.1. The molecule has 0 atom stereocenters. The molecule has 2 rings (SSSR count). The standard InChI is InChI=1S/C13H12O3/c1-2-10-11(9-6-7-16-8-9)4-3-5-12(10)13(14)15/h3-8H,2H2,1H3,(H,14,15). The van der Waals surface area contributed by atoms with Gasteiger partial charge in [0.15, 0.2) is 0 Å². The molecule has 82 valence electrons. The second-order valence-electron chi connectivity index (χ2n) is 3.50. The van der Waals surface area contributed by atoms with E-state index in [4.69, 9.17) is 9.52 Å². The average Bonchev–Trinajstić information content (AvgIpc) is 2.81. The predicted molar refractivity (Wildman–Crippen MR) is 60.5 cm³/mol. The molecular formula is C13H12O3. The maximum absolute atomic E-state index is 11.1. The minimum absolute atomic E-state index is 0.362. The van der Waals surface area contributed by atoms with Gasteiger partial charge in [-0.15, -0.1) is 0 Å². The molecule has 0 saturated heterocycles. The lowest BCUT2D eigenvalue weighted by molar-refractivity contribution is 0.0696. The quantitative estimate of drug-likeness (QED) is 0.857. The second-order valence-corrected chi connectivity index (χ2v) is 3.50. The molecule has 0 aliphatic heterocycles. The van der Waals surface area contributed by atoms with E-state index in [9.17, 15) is 4.79 Å². The zero-order valence-corrected chi connectivity index (χ0v) is 8.93. The van der Waals surface area contributed by atoms with Crippen molar-refractivity contribution in [3.8, 4) is 11.1 Å². The lowest BCUT2D eigenvalue weighted by Crippen LogP contribution is -2.03. The Labute approximate surface area is 93.3 Å². The summed E-state index contributed by atoms with van der Waals surface area (Å²) in [6.07, 6.45) is 3.89. The molecule has 0 aliphatic rings. The Morgan fingerprint density at radius 1 is 1.38 bits per heavy atom. The predicted octanol–water partition coefficient (Wildman–Crippen LogP) is 3.21. The molecule has 0 bridgehead atoms. The van der Waals surface area contributed by atoms with E-state index in [0.29, 0.717) is 12.0 Å². The van der Waals surface area contributed by atoms with Crippen LogP contribution in [0.5, 0.6) is 0 Å². The van der Waals surface area contributed by atoms with Crippen LogP contribution in [0, 0.1) is 0 Å². The number of furan rings is 1. The van der Waals surface area contributed by atoms with Crippen molar-refractivity contribution in [2.75, 3.05) is 0 Å². The molecular weight excluding hydrogens is 204 g/mol. The van der Waals surface area contributed by atoms with E-state index in [2.05, 4.69) is 0 Å².